The third-order valence-corrected chi connectivity index (χ3v) is 6.74. The summed E-state index contributed by atoms with van der Waals surface area (Å²) in [7, 11) is -2.10. The number of nitrogens with one attached hydrogen (secondary N) is 1. The zero-order valence-corrected chi connectivity index (χ0v) is 18.0. The van der Waals surface area contributed by atoms with Gasteiger partial charge in [0.15, 0.2) is 32.7 Å². The van der Waals surface area contributed by atoms with E-state index in [1.54, 1.807) is 26.2 Å². The first kappa shape index (κ1) is 21.0. The number of benzene rings is 2. The molecule has 0 spiro atoms. The molecule has 1 aliphatic rings. The molecule has 1 aliphatic heterocycles. The lowest BCUT2D eigenvalue weighted by Gasteiger charge is -2.18. The van der Waals surface area contributed by atoms with Crippen molar-refractivity contribution in [2.75, 3.05) is 26.1 Å². The van der Waals surface area contributed by atoms with Gasteiger partial charge in [-0.3, -0.25) is 4.79 Å². The lowest BCUT2D eigenvalue weighted by molar-refractivity contribution is -0.121. The SMILES string of the molecule is COc1cccc2cc(C(C)NC(=O)CCS(=O)(=O)c3ccc4c(c3)OCCO4)oc12. The van der Waals surface area contributed by atoms with Crippen LogP contribution in [0, 0.1) is 0 Å². The number of rotatable bonds is 7. The van der Waals surface area contributed by atoms with E-state index in [9.17, 15) is 13.2 Å². The highest BCUT2D eigenvalue weighted by Crippen LogP contribution is 2.33. The van der Waals surface area contributed by atoms with Crippen molar-refractivity contribution < 1.29 is 31.8 Å². The van der Waals surface area contributed by atoms with Crippen LogP contribution in [0.5, 0.6) is 17.2 Å². The maximum atomic E-state index is 12.7. The van der Waals surface area contributed by atoms with Crippen LogP contribution >= 0.6 is 0 Å². The van der Waals surface area contributed by atoms with Crippen LogP contribution in [-0.4, -0.2) is 40.4 Å². The second kappa shape index (κ2) is 8.50. The topological polar surface area (TPSA) is 104 Å². The fourth-order valence-corrected chi connectivity index (χ4v) is 4.63. The van der Waals surface area contributed by atoms with Gasteiger partial charge in [-0.2, -0.15) is 0 Å². The smallest absolute Gasteiger partial charge is 0.221 e. The van der Waals surface area contributed by atoms with E-state index >= 15 is 0 Å². The molecule has 0 aliphatic carbocycles. The van der Waals surface area contributed by atoms with Crippen LogP contribution in [-0.2, 0) is 14.6 Å². The molecule has 2 heterocycles. The van der Waals surface area contributed by atoms with Crippen molar-refractivity contribution in [3.05, 3.63) is 48.2 Å². The molecule has 1 unspecified atom stereocenters. The highest BCUT2D eigenvalue weighted by molar-refractivity contribution is 7.91. The van der Waals surface area contributed by atoms with Gasteiger partial charge in [0, 0.05) is 17.9 Å². The van der Waals surface area contributed by atoms with E-state index in [1.807, 2.05) is 18.2 Å². The monoisotopic (exact) mass is 445 g/mol. The number of hydrogen-bond donors (Lipinski definition) is 1. The predicted octanol–water partition coefficient (Wildman–Crippen LogP) is 3.25. The molecule has 31 heavy (non-hydrogen) atoms. The van der Waals surface area contributed by atoms with Gasteiger partial charge in [-0.1, -0.05) is 12.1 Å². The van der Waals surface area contributed by atoms with Crippen molar-refractivity contribution in [2.45, 2.75) is 24.3 Å². The van der Waals surface area contributed by atoms with Gasteiger partial charge in [-0.05, 0) is 31.2 Å². The molecule has 1 N–H and O–H groups in total. The Morgan fingerprint density at radius 2 is 1.90 bits per heavy atom. The van der Waals surface area contributed by atoms with Gasteiger partial charge in [-0.15, -0.1) is 0 Å². The summed E-state index contributed by atoms with van der Waals surface area (Å²) in [6.07, 6.45) is -0.176. The molecule has 164 valence electrons. The van der Waals surface area contributed by atoms with Crippen LogP contribution in [0.4, 0.5) is 0 Å². The standard InChI is InChI=1S/C22H23NO7S/c1-14(19-12-15-4-3-5-18(27-2)22(15)30-19)23-21(24)8-11-31(25,26)16-6-7-17-20(13-16)29-10-9-28-17/h3-7,12-14H,8-11H2,1-2H3,(H,23,24). The van der Waals surface area contributed by atoms with E-state index in [1.165, 1.54) is 12.1 Å². The van der Waals surface area contributed by atoms with Crippen LogP contribution < -0.4 is 19.5 Å². The fraction of sp³-hybridized carbons (Fsp3) is 0.318. The van der Waals surface area contributed by atoms with Gasteiger partial charge in [0.2, 0.25) is 5.91 Å². The molecule has 0 fully saturated rings. The molecule has 0 radical (unpaired) electrons. The molecule has 0 bridgehead atoms. The highest BCUT2D eigenvalue weighted by atomic mass is 32.2. The van der Waals surface area contributed by atoms with Gasteiger partial charge in [-0.25, -0.2) is 8.42 Å². The van der Waals surface area contributed by atoms with E-state index in [4.69, 9.17) is 18.6 Å². The Bertz CT molecular complexity index is 1220. The molecule has 0 saturated carbocycles. The van der Waals surface area contributed by atoms with E-state index in [2.05, 4.69) is 5.32 Å². The maximum absolute atomic E-state index is 12.7. The summed E-state index contributed by atoms with van der Waals surface area (Å²) in [6, 6.07) is 11.4. The van der Waals surface area contributed by atoms with Crippen molar-refractivity contribution in [1.29, 1.82) is 0 Å². The van der Waals surface area contributed by atoms with Crippen molar-refractivity contribution >= 4 is 26.7 Å². The van der Waals surface area contributed by atoms with Crippen LogP contribution in [0.15, 0.2) is 51.8 Å². The molecule has 3 aromatic rings. The van der Waals surface area contributed by atoms with Crippen molar-refractivity contribution in [1.82, 2.24) is 5.32 Å². The van der Waals surface area contributed by atoms with Crippen LogP contribution in [0.1, 0.15) is 25.1 Å². The zero-order chi connectivity index (χ0) is 22.0. The Morgan fingerprint density at radius 1 is 1.13 bits per heavy atom. The first-order chi connectivity index (χ1) is 14.9. The van der Waals surface area contributed by atoms with Gasteiger partial charge in [0.05, 0.1) is 23.8 Å². The number of para-hydroxylation sites is 1. The minimum atomic E-state index is -3.66. The molecular weight excluding hydrogens is 422 g/mol. The summed E-state index contributed by atoms with van der Waals surface area (Å²) in [5.41, 5.74) is 0.599. The number of hydrogen-bond acceptors (Lipinski definition) is 7. The van der Waals surface area contributed by atoms with Crippen LogP contribution in [0.25, 0.3) is 11.0 Å². The largest absolute Gasteiger partial charge is 0.493 e. The zero-order valence-electron chi connectivity index (χ0n) is 17.2. The number of fused-ring (bicyclic) bond motifs is 2. The van der Waals surface area contributed by atoms with E-state index < -0.39 is 15.9 Å². The number of methoxy groups -OCH3 is 1. The maximum Gasteiger partial charge on any atom is 0.221 e. The van der Waals surface area contributed by atoms with Crippen molar-refractivity contribution in [3.63, 3.8) is 0 Å². The Balaban J connectivity index is 1.39. The number of sulfone groups is 1. The molecular formula is C22H23NO7S. The Morgan fingerprint density at radius 3 is 2.68 bits per heavy atom. The average molecular weight is 445 g/mol. The summed E-state index contributed by atoms with van der Waals surface area (Å²) < 4.78 is 47.3. The van der Waals surface area contributed by atoms with E-state index in [-0.39, 0.29) is 23.0 Å². The van der Waals surface area contributed by atoms with Gasteiger partial charge in [0.25, 0.3) is 0 Å². The van der Waals surface area contributed by atoms with Crippen molar-refractivity contribution in [3.8, 4) is 17.2 Å². The Hall–Kier alpha value is -3.20. The number of furan rings is 1. The number of carbonyl (C=O) groups excluding carboxylic acids is 1. The van der Waals surface area contributed by atoms with Gasteiger partial charge in [0.1, 0.15) is 19.0 Å². The lowest BCUT2D eigenvalue weighted by Crippen LogP contribution is -2.28. The summed E-state index contributed by atoms with van der Waals surface area (Å²) in [5, 5.41) is 3.64. The summed E-state index contributed by atoms with van der Waals surface area (Å²) >= 11 is 0. The molecule has 8 nitrogen and oxygen atoms in total. The number of carbonyl (C=O) groups is 1. The molecule has 4 rings (SSSR count). The second-order valence-corrected chi connectivity index (χ2v) is 9.30. The average Bonchev–Trinajstić information content (AvgIpc) is 3.22. The van der Waals surface area contributed by atoms with Gasteiger partial charge < -0.3 is 23.9 Å². The summed E-state index contributed by atoms with van der Waals surface area (Å²) in [6.45, 7) is 2.57. The third kappa shape index (κ3) is 4.46. The minimum absolute atomic E-state index is 0.0991. The van der Waals surface area contributed by atoms with E-state index in [0.29, 0.717) is 41.8 Å². The molecule has 1 aromatic heterocycles. The predicted molar refractivity (Wildman–Crippen MR) is 113 cm³/mol. The number of amides is 1. The second-order valence-electron chi connectivity index (χ2n) is 7.19. The van der Waals surface area contributed by atoms with Crippen molar-refractivity contribution in [2.24, 2.45) is 0 Å². The normalized spacial score (nSPS) is 14.3. The number of ether oxygens (including phenoxy) is 3. The quantitative estimate of drug-likeness (QED) is 0.595. The molecule has 2 aromatic carbocycles. The fourth-order valence-electron chi connectivity index (χ4n) is 3.38. The third-order valence-electron chi connectivity index (χ3n) is 5.02. The summed E-state index contributed by atoms with van der Waals surface area (Å²) in [5.74, 6) is 1.36. The molecule has 0 saturated heterocycles. The lowest BCUT2D eigenvalue weighted by atomic mass is 10.2. The minimum Gasteiger partial charge on any atom is -0.493 e. The Labute approximate surface area is 180 Å². The Kier molecular flexibility index (Phi) is 5.77. The first-order valence-corrected chi connectivity index (χ1v) is 11.5. The van der Waals surface area contributed by atoms with E-state index in [0.717, 1.165) is 5.39 Å². The molecule has 9 heteroatoms. The summed E-state index contributed by atoms with van der Waals surface area (Å²) in [4.78, 5) is 12.5. The van der Waals surface area contributed by atoms with Crippen LogP contribution in [0.3, 0.4) is 0 Å². The van der Waals surface area contributed by atoms with Crippen LogP contribution in [0.2, 0.25) is 0 Å². The van der Waals surface area contributed by atoms with Gasteiger partial charge >= 0.3 is 0 Å². The highest BCUT2D eigenvalue weighted by Gasteiger charge is 2.22. The molecule has 1 atom stereocenters. The molecule has 1 amide bonds. The first-order valence-electron chi connectivity index (χ1n) is 9.85.